The van der Waals surface area contributed by atoms with E-state index >= 15 is 0 Å². The topological polar surface area (TPSA) is 38.7 Å². The molecule has 49 heavy (non-hydrogen) atoms. The van der Waals surface area contributed by atoms with Crippen LogP contribution < -0.4 is 0 Å². The van der Waals surface area contributed by atoms with E-state index in [2.05, 4.69) is 140 Å². The molecule has 0 bridgehead atoms. The maximum absolute atomic E-state index is 5.10. The van der Waals surface area contributed by atoms with Gasteiger partial charge in [0.15, 0.2) is 17.5 Å². The van der Waals surface area contributed by atoms with Crippen LogP contribution in [0.15, 0.2) is 164 Å². The van der Waals surface area contributed by atoms with E-state index in [1.807, 2.05) is 35.6 Å². The van der Waals surface area contributed by atoms with E-state index in [1.54, 1.807) is 0 Å². The maximum atomic E-state index is 5.10. The Morgan fingerprint density at radius 1 is 0.265 bits per heavy atom. The zero-order valence-electron chi connectivity index (χ0n) is 26.3. The minimum atomic E-state index is 0.652. The van der Waals surface area contributed by atoms with Gasteiger partial charge in [-0.05, 0) is 67.7 Å². The molecule has 0 N–H and O–H groups in total. The lowest BCUT2D eigenvalue weighted by Crippen LogP contribution is -2.00. The zero-order valence-corrected chi connectivity index (χ0v) is 27.2. The molecule has 0 fully saturated rings. The molecule has 2 heterocycles. The number of nitrogens with zero attached hydrogens (tertiary/aromatic N) is 3. The van der Waals surface area contributed by atoms with Crippen LogP contribution in [0.1, 0.15) is 0 Å². The summed E-state index contributed by atoms with van der Waals surface area (Å²) in [5.74, 6) is 1.96. The molecule has 0 unspecified atom stereocenters. The number of hydrogen-bond donors (Lipinski definition) is 0. The van der Waals surface area contributed by atoms with Crippen molar-refractivity contribution in [2.24, 2.45) is 0 Å². The third-order valence-electron chi connectivity index (χ3n) is 9.51. The third kappa shape index (κ3) is 4.68. The maximum Gasteiger partial charge on any atom is 0.164 e. The second-order valence-corrected chi connectivity index (χ2v) is 13.5. The summed E-state index contributed by atoms with van der Waals surface area (Å²) >= 11 is 1.87. The van der Waals surface area contributed by atoms with Gasteiger partial charge in [-0.3, -0.25) is 0 Å². The lowest BCUT2D eigenvalue weighted by Gasteiger charge is -2.13. The minimum Gasteiger partial charge on any atom is -0.208 e. The van der Waals surface area contributed by atoms with Crippen LogP contribution in [0.3, 0.4) is 0 Å². The summed E-state index contributed by atoms with van der Waals surface area (Å²) in [6.45, 7) is 0. The average molecular weight is 642 g/mol. The summed E-state index contributed by atoms with van der Waals surface area (Å²) in [5, 5.41) is 10.0. The lowest BCUT2D eigenvalue weighted by molar-refractivity contribution is 1.07. The second-order valence-electron chi connectivity index (χ2n) is 12.4. The van der Waals surface area contributed by atoms with Gasteiger partial charge in [0.1, 0.15) is 0 Å². The molecule has 0 radical (unpaired) electrons. The molecular weight excluding hydrogens is 615 g/mol. The molecule has 0 saturated carbocycles. The van der Waals surface area contributed by atoms with Crippen molar-refractivity contribution in [3.8, 4) is 45.3 Å². The highest BCUT2D eigenvalue weighted by atomic mass is 32.1. The highest BCUT2D eigenvalue weighted by Gasteiger charge is 2.16. The number of benzene rings is 8. The van der Waals surface area contributed by atoms with Crippen LogP contribution in [0.5, 0.6) is 0 Å². The fourth-order valence-electron chi connectivity index (χ4n) is 7.10. The number of aromatic nitrogens is 3. The van der Waals surface area contributed by atoms with Gasteiger partial charge < -0.3 is 0 Å². The molecule has 10 aromatic rings. The van der Waals surface area contributed by atoms with Crippen molar-refractivity contribution in [2.75, 3.05) is 0 Å². The van der Waals surface area contributed by atoms with E-state index in [-0.39, 0.29) is 0 Å². The van der Waals surface area contributed by atoms with Gasteiger partial charge in [0.05, 0.1) is 0 Å². The van der Waals surface area contributed by atoms with Crippen LogP contribution in [-0.4, -0.2) is 15.0 Å². The molecule has 0 saturated heterocycles. The van der Waals surface area contributed by atoms with Gasteiger partial charge in [0.25, 0.3) is 0 Å². The molecular formula is C45H27N3S. The highest BCUT2D eigenvalue weighted by molar-refractivity contribution is 7.25. The predicted octanol–water partition coefficient (Wildman–Crippen LogP) is 12.4. The average Bonchev–Trinajstić information content (AvgIpc) is 3.55. The van der Waals surface area contributed by atoms with Crippen LogP contribution in [0.4, 0.5) is 0 Å². The fraction of sp³-hybridized carbons (Fsp3) is 0. The molecule has 10 rings (SSSR count). The normalized spacial score (nSPS) is 11.7. The van der Waals surface area contributed by atoms with E-state index in [4.69, 9.17) is 15.0 Å². The van der Waals surface area contributed by atoms with E-state index < -0.39 is 0 Å². The summed E-state index contributed by atoms with van der Waals surface area (Å²) in [4.78, 5) is 15.1. The number of thiophene rings is 1. The van der Waals surface area contributed by atoms with Gasteiger partial charge in [-0.1, -0.05) is 140 Å². The molecule has 4 heteroatoms. The van der Waals surface area contributed by atoms with Crippen molar-refractivity contribution in [3.63, 3.8) is 0 Å². The Morgan fingerprint density at radius 3 is 1.41 bits per heavy atom. The van der Waals surface area contributed by atoms with Gasteiger partial charge in [-0.25, -0.2) is 15.0 Å². The summed E-state index contributed by atoms with van der Waals surface area (Å²) in [7, 11) is 0. The zero-order chi connectivity index (χ0) is 32.3. The van der Waals surface area contributed by atoms with E-state index in [9.17, 15) is 0 Å². The second kappa shape index (κ2) is 11.2. The molecule has 8 aromatic carbocycles. The van der Waals surface area contributed by atoms with E-state index in [1.165, 1.54) is 58.1 Å². The van der Waals surface area contributed by atoms with E-state index in [0.717, 1.165) is 22.3 Å². The van der Waals surface area contributed by atoms with Gasteiger partial charge in [0.2, 0.25) is 0 Å². The first-order valence-corrected chi connectivity index (χ1v) is 17.3. The van der Waals surface area contributed by atoms with Crippen LogP contribution >= 0.6 is 11.3 Å². The van der Waals surface area contributed by atoms with Crippen LogP contribution in [0.25, 0.3) is 97.8 Å². The minimum absolute atomic E-state index is 0.652. The first kappa shape index (κ1) is 27.8. The van der Waals surface area contributed by atoms with Crippen LogP contribution in [0, 0.1) is 0 Å². The van der Waals surface area contributed by atoms with Gasteiger partial charge >= 0.3 is 0 Å². The Hall–Kier alpha value is -6.23. The summed E-state index contributed by atoms with van der Waals surface area (Å²) in [6.07, 6.45) is 0. The van der Waals surface area contributed by atoms with Gasteiger partial charge in [-0.15, -0.1) is 11.3 Å². The smallest absolute Gasteiger partial charge is 0.164 e. The Morgan fingerprint density at radius 2 is 0.714 bits per heavy atom. The summed E-state index contributed by atoms with van der Waals surface area (Å²) in [5.41, 5.74) is 5.20. The molecule has 0 spiro atoms. The molecule has 0 aliphatic heterocycles. The number of fused-ring (bicyclic) bond motifs is 9. The highest BCUT2D eigenvalue weighted by Crippen LogP contribution is 2.42. The molecule has 2 aromatic heterocycles. The fourth-order valence-corrected chi connectivity index (χ4v) is 8.23. The quantitative estimate of drug-likeness (QED) is 0.180. The molecule has 0 aliphatic rings. The predicted molar refractivity (Wildman–Crippen MR) is 207 cm³/mol. The van der Waals surface area contributed by atoms with Crippen molar-refractivity contribution in [1.29, 1.82) is 0 Å². The SMILES string of the molecule is c1ccc(-c2ccc(-c3nc(-c4ccccc4)nc(-c4ccc5c(c4)c4ccccc4c4cc6sc7ccccc7c6cc54)n3)cc2)cc1. The van der Waals surface area contributed by atoms with Gasteiger partial charge in [0, 0.05) is 36.9 Å². The Bertz CT molecular complexity index is 2860. The molecule has 0 aliphatic carbocycles. The first-order valence-electron chi connectivity index (χ1n) is 16.4. The Labute approximate surface area is 286 Å². The molecule has 0 amide bonds. The van der Waals surface area contributed by atoms with Gasteiger partial charge in [-0.2, -0.15) is 0 Å². The molecule has 228 valence electrons. The number of hydrogen-bond acceptors (Lipinski definition) is 4. The standard InChI is InChI=1S/C45H27N3S/c1-3-11-28(12-4-1)29-19-21-31(22-20-29)44-46-43(30-13-5-2-6-14-30)47-45(48-44)32-23-24-35-37(25-32)33-15-7-8-16-34(33)39-27-42-40(26-38(35)39)36-17-9-10-18-41(36)49-42/h1-27H. The van der Waals surface area contributed by atoms with Crippen molar-refractivity contribution >= 4 is 63.8 Å². The van der Waals surface area contributed by atoms with Crippen molar-refractivity contribution in [1.82, 2.24) is 15.0 Å². The Balaban J connectivity index is 1.18. The monoisotopic (exact) mass is 641 g/mol. The molecule has 3 nitrogen and oxygen atoms in total. The van der Waals surface area contributed by atoms with Crippen LogP contribution in [-0.2, 0) is 0 Å². The third-order valence-corrected chi connectivity index (χ3v) is 10.6. The number of rotatable bonds is 4. The lowest BCUT2D eigenvalue weighted by atomic mass is 9.92. The van der Waals surface area contributed by atoms with Crippen molar-refractivity contribution in [2.45, 2.75) is 0 Å². The molecule has 0 atom stereocenters. The van der Waals surface area contributed by atoms with Crippen molar-refractivity contribution < 1.29 is 0 Å². The largest absolute Gasteiger partial charge is 0.208 e. The summed E-state index contributed by atoms with van der Waals surface area (Å²) in [6, 6.07) is 58.0. The summed E-state index contributed by atoms with van der Waals surface area (Å²) < 4.78 is 2.64. The van der Waals surface area contributed by atoms with E-state index in [0.29, 0.717) is 17.5 Å². The Kier molecular flexibility index (Phi) is 6.36. The first-order chi connectivity index (χ1) is 24.3. The van der Waals surface area contributed by atoms with Crippen LogP contribution in [0.2, 0.25) is 0 Å². The van der Waals surface area contributed by atoms with Crippen molar-refractivity contribution in [3.05, 3.63) is 164 Å².